The first kappa shape index (κ1) is 11.3. The van der Waals surface area contributed by atoms with Crippen molar-refractivity contribution in [2.45, 2.75) is 6.04 Å². The average molecular weight is 233 g/mol. The molecule has 0 aliphatic heterocycles. The van der Waals surface area contributed by atoms with Crippen LogP contribution in [0, 0.1) is 0 Å². The van der Waals surface area contributed by atoms with Crippen molar-refractivity contribution in [1.82, 2.24) is 5.32 Å². The summed E-state index contributed by atoms with van der Waals surface area (Å²) in [6.45, 7) is 0.337. The van der Waals surface area contributed by atoms with Crippen LogP contribution in [0.4, 0.5) is 0 Å². The van der Waals surface area contributed by atoms with E-state index in [1.807, 2.05) is 0 Å². The Morgan fingerprint density at radius 1 is 1.50 bits per heavy atom. The summed E-state index contributed by atoms with van der Waals surface area (Å²) in [7, 11) is 0. The molecule has 1 aromatic carbocycles. The summed E-state index contributed by atoms with van der Waals surface area (Å²) < 4.78 is 0. The summed E-state index contributed by atoms with van der Waals surface area (Å²) in [6.07, 6.45) is 0.596. The van der Waals surface area contributed by atoms with E-state index in [9.17, 15) is 4.79 Å². The molecule has 0 heterocycles. The van der Waals surface area contributed by atoms with Gasteiger partial charge in [-0.3, -0.25) is 4.79 Å². The van der Waals surface area contributed by atoms with Crippen LogP contribution < -0.4 is 11.1 Å². The second kappa shape index (κ2) is 5.20. The Morgan fingerprint density at radius 2 is 2.21 bits per heavy atom. The number of hydrogen-bond acceptors (Lipinski definition) is 2. The lowest BCUT2D eigenvalue weighted by atomic mass is 10.1. The fourth-order valence-electron chi connectivity index (χ4n) is 1.09. The predicted octanol–water partition coefficient (Wildman–Crippen LogP) is 1.74. The monoisotopic (exact) mass is 232 g/mol. The minimum absolute atomic E-state index is 0.337. The highest BCUT2D eigenvalue weighted by Gasteiger charge is 2.11. The van der Waals surface area contributed by atoms with Gasteiger partial charge >= 0.3 is 0 Å². The van der Waals surface area contributed by atoms with Crippen LogP contribution in [0.3, 0.4) is 0 Å². The lowest BCUT2D eigenvalue weighted by Crippen LogP contribution is -2.26. The SMILES string of the molecule is NC(CNC=O)c1cccc(Cl)c1Cl. The molecule has 0 spiro atoms. The van der Waals surface area contributed by atoms with Gasteiger partial charge in [0.1, 0.15) is 0 Å². The lowest BCUT2D eigenvalue weighted by molar-refractivity contribution is -0.109. The molecule has 0 fully saturated rings. The smallest absolute Gasteiger partial charge is 0.207 e. The molecule has 0 aromatic heterocycles. The van der Waals surface area contributed by atoms with E-state index in [4.69, 9.17) is 28.9 Å². The number of halogens is 2. The van der Waals surface area contributed by atoms with E-state index in [1.165, 1.54) is 0 Å². The standard InChI is InChI=1S/C9H10Cl2N2O/c10-7-3-1-2-6(9(7)11)8(12)4-13-5-14/h1-3,5,8H,4,12H2,(H,13,14). The maximum absolute atomic E-state index is 10.1. The molecular formula is C9H10Cl2N2O. The third-order valence-corrected chi connectivity index (χ3v) is 2.64. The zero-order chi connectivity index (χ0) is 10.6. The number of nitrogens with one attached hydrogen (secondary N) is 1. The fraction of sp³-hybridized carbons (Fsp3) is 0.222. The highest BCUT2D eigenvalue weighted by Crippen LogP contribution is 2.28. The topological polar surface area (TPSA) is 55.1 Å². The van der Waals surface area contributed by atoms with Gasteiger partial charge in [0, 0.05) is 12.6 Å². The summed E-state index contributed by atoms with van der Waals surface area (Å²) in [5, 5.41) is 3.39. The van der Waals surface area contributed by atoms with E-state index >= 15 is 0 Å². The number of carbonyl (C=O) groups is 1. The van der Waals surface area contributed by atoms with Gasteiger partial charge in [0.15, 0.2) is 0 Å². The van der Waals surface area contributed by atoms with E-state index in [2.05, 4.69) is 5.32 Å². The molecule has 3 N–H and O–H groups in total. The van der Waals surface area contributed by atoms with Gasteiger partial charge in [-0.05, 0) is 11.6 Å². The zero-order valence-electron chi connectivity index (χ0n) is 7.34. The molecule has 1 rings (SSSR count). The maximum Gasteiger partial charge on any atom is 0.207 e. The van der Waals surface area contributed by atoms with Gasteiger partial charge in [-0.2, -0.15) is 0 Å². The first-order valence-corrected chi connectivity index (χ1v) is 4.79. The first-order valence-electron chi connectivity index (χ1n) is 4.03. The molecule has 1 atom stereocenters. The van der Waals surface area contributed by atoms with Crippen molar-refractivity contribution in [3.05, 3.63) is 33.8 Å². The Labute approximate surface area is 92.2 Å². The molecule has 0 aliphatic rings. The van der Waals surface area contributed by atoms with Crippen molar-refractivity contribution in [2.75, 3.05) is 6.54 Å². The number of rotatable bonds is 4. The van der Waals surface area contributed by atoms with Crippen molar-refractivity contribution >= 4 is 29.6 Å². The first-order chi connectivity index (χ1) is 6.66. The molecule has 1 aromatic rings. The Hall–Kier alpha value is -0.770. The van der Waals surface area contributed by atoms with Crippen LogP contribution in [0.25, 0.3) is 0 Å². The summed E-state index contributed by atoms with van der Waals surface area (Å²) in [6, 6.07) is 4.90. The van der Waals surface area contributed by atoms with Gasteiger partial charge in [-0.25, -0.2) is 0 Å². The Bertz CT molecular complexity index is 331. The van der Waals surface area contributed by atoms with Gasteiger partial charge in [0.05, 0.1) is 10.0 Å². The molecule has 3 nitrogen and oxygen atoms in total. The van der Waals surface area contributed by atoms with Crippen LogP contribution in [-0.4, -0.2) is 13.0 Å². The van der Waals surface area contributed by atoms with Gasteiger partial charge in [-0.1, -0.05) is 35.3 Å². The summed E-state index contributed by atoms with van der Waals surface area (Å²) in [5.74, 6) is 0. The molecule has 0 bridgehead atoms. The molecular weight excluding hydrogens is 223 g/mol. The second-order valence-corrected chi connectivity index (χ2v) is 3.56. The molecule has 0 saturated heterocycles. The third-order valence-electron chi connectivity index (χ3n) is 1.80. The minimum atomic E-state index is -0.341. The third kappa shape index (κ3) is 2.61. The van der Waals surface area contributed by atoms with Crippen molar-refractivity contribution in [2.24, 2.45) is 5.73 Å². The Morgan fingerprint density at radius 3 is 2.86 bits per heavy atom. The van der Waals surface area contributed by atoms with Crippen LogP contribution in [-0.2, 0) is 4.79 Å². The van der Waals surface area contributed by atoms with Crippen molar-refractivity contribution < 1.29 is 4.79 Å². The van der Waals surface area contributed by atoms with Crippen molar-refractivity contribution in [3.8, 4) is 0 Å². The fourth-order valence-corrected chi connectivity index (χ4v) is 1.54. The van der Waals surface area contributed by atoms with Crippen LogP contribution in [0.2, 0.25) is 10.0 Å². The molecule has 0 saturated carbocycles. The molecule has 1 amide bonds. The summed E-state index contributed by atoms with van der Waals surface area (Å²) in [4.78, 5) is 10.1. The van der Waals surface area contributed by atoms with E-state index in [-0.39, 0.29) is 6.04 Å². The predicted molar refractivity (Wildman–Crippen MR) is 57.5 cm³/mol. The van der Waals surface area contributed by atoms with E-state index in [0.29, 0.717) is 23.0 Å². The van der Waals surface area contributed by atoms with Crippen LogP contribution in [0.15, 0.2) is 18.2 Å². The van der Waals surface area contributed by atoms with Gasteiger partial charge in [-0.15, -0.1) is 0 Å². The van der Waals surface area contributed by atoms with Gasteiger partial charge in [0.2, 0.25) is 6.41 Å². The minimum Gasteiger partial charge on any atom is -0.357 e. The summed E-state index contributed by atoms with van der Waals surface area (Å²) >= 11 is 11.8. The van der Waals surface area contributed by atoms with E-state index in [1.54, 1.807) is 18.2 Å². The number of nitrogens with two attached hydrogens (primary N) is 1. The van der Waals surface area contributed by atoms with Crippen LogP contribution >= 0.6 is 23.2 Å². The van der Waals surface area contributed by atoms with Gasteiger partial charge in [0.25, 0.3) is 0 Å². The number of amides is 1. The average Bonchev–Trinajstić information content (AvgIpc) is 2.18. The Balaban J connectivity index is 2.83. The molecule has 5 heteroatoms. The lowest BCUT2D eigenvalue weighted by Gasteiger charge is -2.13. The molecule has 1 unspecified atom stereocenters. The van der Waals surface area contributed by atoms with Gasteiger partial charge < -0.3 is 11.1 Å². The van der Waals surface area contributed by atoms with Crippen LogP contribution in [0.1, 0.15) is 11.6 Å². The van der Waals surface area contributed by atoms with E-state index < -0.39 is 0 Å². The molecule has 0 radical (unpaired) electrons. The maximum atomic E-state index is 10.1. The quantitative estimate of drug-likeness (QED) is 0.778. The molecule has 14 heavy (non-hydrogen) atoms. The Kier molecular flexibility index (Phi) is 4.20. The van der Waals surface area contributed by atoms with Crippen molar-refractivity contribution in [3.63, 3.8) is 0 Å². The molecule has 76 valence electrons. The summed E-state index contributed by atoms with van der Waals surface area (Å²) in [5.41, 5.74) is 6.52. The second-order valence-electron chi connectivity index (χ2n) is 2.78. The highest BCUT2D eigenvalue weighted by atomic mass is 35.5. The van der Waals surface area contributed by atoms with Crippen LogP contribution in [0.5, 0.6) is 0 Å². The van der Waals surface area contributed by atoms with Crippen molar-refractivity contribution in [1.29, 1.82) is 0 Å². The number of hydrogen-bond donors (Lipinski definition) is 2. The normalized spacial score (nSPS) is 12.2. The molecule has 0 aliphatic carbocycles. The number of carbonyl (C=O) groups excluding carboxylic acids is 1. The highest BCUT2D eigenvalue weighted by molar-refractivity contribution is 6.42. The zero-order valence-corrected chi connectivity index (χ0v) is 8.85. The largest absolute Gasteiger partial charge is 0.357 e. The van der Waals surface area contributed by atoms with E-state index in [0.717, 1.165) is 5.56 Å². The number of benzene rings is 1.